The second-order valence-corrected chi connectivity index (χ2v) is 4.97. The summed E-state index contributed by atoms with van der Waals surface area (Å²) in [6.07, 6.45) is 6.92. The molecular weight excluding hydrogens is 204 g/mol. The lowest BCUT2D eigenvalue weighted by Crippen LogP contribution is -2.24. The van der Waals surface area contributed by atoms with Gasteiger partial charge in [0.05, 0.1) is 6.33 Å². The van der Waals surface area contributed by atoms with E-state index in [1.54, 1.807) is 12.5 Å². The molecule has 0 spiro atoms. The molecule has 0 amide bonds. The molecule has 0 aromatic carbocycles. The Morgan fingerprint density at radius 3 is 2.88 bits per heavy atom. The maximum absolute atomic E-state index is 10.8. The highest BCUT2D eigenvalue weighted by atomic mass is 16.4. The summed E-state index contributed by atoms with van der Waals surface area (Å²) < 4.78 is 1.98. The first-order valence-electron chi connectivity index (χ1n) is 5.84. The summed E-state index contributed by atoms with van der Waals surface area (Å²) in [5.74, 6) is 0.374. The van der Waals surface area contributed by atoms with E-state index in [-0.39, 0.29) is 5.69 Å². The maximum atomic E-state index is 10.8. The van der Waals surface area contributed by atoms with E-state index in [1.165, 1.54) is 12.8 Å². The Hall–Kier alpha value is -1.32. The first-order chi connectivity index (χ1) is 7.58. The molecule has 0 saturated heterocycles. The molecule has 0 bridgehead atoms. The first-order valence-corrected chi connectivity index (χ1v) is 5.84. The molecule has 3 unspecified atom stereocenters. The van der Waals surface area contributed by atoms with Crippen LogP contribution in [-0.2, 0) is 0 Å². The van der Waals surface area contributed by atoms with Crippen LogP contribution in [0.3, 0.4) is 0 Å². The molecule has 2 rings (SSSR count). The number of rotatable bonds is 2. The van der Waals surface area contributed by atoms with E-state index in [9.17, 15) is 4.79 Å². The molecule has 1 fully saturated rings. The average Bonchev–Trinajstić information content (AvgIpc) is 2.70. The highest BCUT2D eigenvalue weighted by molar-refractivity contribution is 5.84. The Morgan fingerprint density at radius 1 is 1.50 bits per heavy atom. The molecule has 4 nitrogen and oxygen atoms in total. The smallest absolute Gasteiger partial charge is 0.356 e. The normalized spacial score (nSPS) is 30.2. The van der Waals surface area contributed by atoms with Gasteiger partial charge in [0.2, 0.25) is 0 Å². The molecule has 1 aromatic rings. The lowest BCUT2D eigenvalue weighted by Gasteiger charge is -2.33. The van der Waals surface area contributed by atoms with Crippen LogP contribution in [0.1, 0.15) is 49.6 Å². The Balaban J connectivity index is 2.18. The SMILES string of the molecule is CC1CCC(C)C(n2cnc(C(=O)O)c2)C1. The molecule has 0 aliphatic heterocycles. The van der Waals surface area contributed by atoms with Crippen LogP contribution in [0.2, 0.25) is 0 Å². The zero-order valence-electron chi connectivity index (χ0n) is 9.76. The molecular formula is C12H18N2O2. The predicted octanol–water partition coefficient (Wildman–Crippen LogP) is 2.58. The van der Waals surface area contributed by atoms with Crippen molar-refractivity contribution >= 4 is 5.97 Å². The third kappa shape index (κ3) is 2.10. The number of imidazole rings is 1. The summed E-state index contributed by atoms with van der Waals surface area (Å²) >= 11 is 0. The van der Waals surface area contributed by atoms with Gasteiger partial charge in [-0.3, -0.25) is 0 Å². The van der Waals surface area contributed by atoms with Crippen molar-refractivity contribution in [2.75, 3.05) is 0 Å². The topological polar surface area (TPSA) is 55.1 Å². The Morgan fingerprint density at radius 2 is 2.25 bits per heavy atom. The number of nitrogens with zero attached hydrogens (tertiary/aromatic N) is 2. The van der Waals surface area contributed by atoms with Gasteiger partial charge in [-0.15, -0.1) is 0 Å². The predicted molar refractivity (Wildman–Crippen MR) is 60.4 cm³/mol. The summed E-state index contributed by atoms with van der Waals surface area (Å²) in [5.41, 5.74) is 0.144. The van der Waals surface area contributed by atoms with Crippen molar-refractivity contribution in [1.29, 1.82) is 0 Å². The minimum atomic E-state index is -0.949. The number of hydrogen-bond donors (Lipinski definition) is 1. The number of aromatic carboxylic acids is 1. The van der Waals surface area contributed by atoms with Crippen LogP contribution in [0.25, 0.3) is 0 Å². The highest BCUT2D eigenvalue weighted by Gasteiger charge is 2.27. The van der Waals surface area contributed by atoms with Gasteiger partial charge < -0.3 is 9.67 Å². The molecule has 1 N–H and O–H groups in total. The van der Waals surface area contributed by atoms with Crippen LogP contribution < -0.4 is 0 Å². The number of aromatic nitrogens is 2. The van der Waals surface area contributed by atoms with Crippen molar-refractivity contribution in [2.45, 2.75) is 39.2 Å². The largest absolute Gasteiger partial charge is 0.476 e. The van der Waals surface area contributed by atoms with Gasteiger partial charge in [-0.25, -0.2) is 9.78 Å². The summed E-state index contributed by atoms with van der Waals surface area (Å²) in [7, 11) is 0. The van der Waals surface area contributed by atoms with E-state index >= 15 is 0 Å². The molecule has 1 saturated carbocycles. The molecule has 4 heteroatoms. The van der Waals surface area contributed by atoms with E-state index in [0.717, 1.165) is 12.3 Å². The second kappa shape index (κ2) is 4.28. The van der Waals surface area contributed by atoms with Crippen LogP contribution in [0.4, 0.5) is 0 Å². The molecule has 16 heavy (non-hydrogen) atoms. The molecule has 1 aliphatic carbocycles. The standard InChI is InChI=1S/C12H18N2O2/c1-8-3-4-9(2)11(5-8)14-6-10(12(15)16)13-7-14/h6-9,11H,3-5H2,1-2H3,(H,15,16). The quantitative estimate of drug-likeness (QED) is 0.836. The third-order valence-electron chi connectivity index (χ3n) is 3.62. The summed E-state index contributed by atoms with van der Waals surface area (Å²) in [6.45, 7) is 4.49. The van der Waals surface area contributed by atoms with Gasteiger partial charge in [0.1, 0.15) is 0 Å². The molecule has 1 aromatic heterocycles. The van der Waals surface area contributed by atoms with Crippen molar-refractivity contribution in [3.63, 3.8) is 0 Å². The van der Waals surface area contributed by atoms with Crippen molar-refractivity contribution in [2.24, 2.45) is 11.8 Å². The fraction of sp³-hybridized carbons (Fsp3) is 0.667. The van der Waals surface area contributed by atoms with Crippen LogP contribution in [-0.4, -0.2) is 20.6 Å². The van der Waals surface area contributed by atoms with Crippen molar-refractivity contribution in [1.82, 2.24) is 9.55 Å². The summed E-state index contributed by atoms with van der Waals surface area (Å²) in [4.78, 5) is 14.7. The number of carboxylic acid groups (broad SMARTS) is 1. The van der Waals surface area contributed by atoms with Gasteiger partial charge in [0, 0.05) is 12.2 Å². The Labute approximate surface area is 95.3 Å². The summed E-state index contributed by atoms with van der Waals surface area (Å²) in [5, 5.41) is 8.84. The van der Waals surface area contributed by atoms with E-state index in [4.69, 9.17) is 5.11 Å². The number of carbonyl (C=O) groups is 1. The third-order valence-corrected chi connectivity index (χ3v) is 3.62. The lowest BCUT2D eigenvalue weighted by atomic mass is 9.80. The van der Waals surface area contributed by atoms with E-state index in [0.29, 0.717) is 12.0 Å². The van der Waals surface area contributed by atoms with Crippen LogP contribution in [0, 0.1) is 11.8 Å². The first kappa shape index (κ1) is 11.2. The van der Waals surface area contributed by atoms with Crippen LogP contribution in [0.5, 0.6) is 0 Å². The van der Waals surface area contributed by atoms with Crippen molar-refractivity contribution in [3.8, 4) is 0 Å². The van der Waals surface area contributed by atoms with Crippen molar-refractivity contribution < 1.29 is 9.90 Å². The van der Waals surface area contributed by atoms with E-state index in [2.05, 4.69) is 18.8 Å². The fourth-order valence-corrected chi connectivity index (χ4v) is 2.55. The summed E-state index contributed by atoms with van der Waals surface area (Å²) in [6, 6.07) is 0.407. The zero-order valence-corrected chi connectivity index (χ0v) is 9.76. The van der Waals surface area contributed by atoms with E-state index < -0.39 is 5.97 Å². The average molecular weight is 222 g/mol. The molecule has 0 radical (unpaired) electrons. The Bertz CT molecular complexity index is 386. The molecule has 1 heterocycles. The van der Waals surface area contributed by atoms with Gasteiger partial charge in [-0.1, -0.05) is 20.3 Å². The van der Waals surface area contributed by atoms with Gasteiger partial charge >= 0.3 is 5.97 Å². The zero-order chi connectivity index (χ0) is 11.7. The van der Waals surface area contributed by atoms with Crippen molar-refractivity contribution in [3.05, 3.63) is 18.2 Å². The van der Waals surface area contributed by atoms with Gasteiger partial charge in [0.15, 0.2) is 5.69 Å². The number of hydrogen-bond acceptors (Lipinski definition) is 2. The molecule has 3 atom stereocenters. The van der Waals surface area contributed by atoms with Gasteiger partial charge in [-0.05, 0) is 24.7 Å². The second-order valence-electron chi connectivity index (χ2n) is 4.97. The van der Waals surface area contributed by atoms with Crippen LogP contribution in [0.15, 0.2) is 12.5 Å². The van der Waals surface area contributed by atoms with Gasteiger partial charge in [0.25, 0.3) is 0 Å². The lowest BCUT2D eigenvalue weighted by molar-refractivity contribution is 0.0690. The molecule has 88 valence electrons. The number of carboxylic acids is 1. The molecule has 1 aliphatic rings. The fourth-order valence-electron chi connectivity index (χ4n) is 2.55. The van der Waals surface area contributed by atoms with E-state index in [1.807, 2.05) is 4.57 Å². The monoisotopic (exact) mass is 222 g/mol. The minimum absolute atomic E-state index is 0.144. The van der Waals surface area contributed by atoms with Crippen LogP contribution >= 0.6 is 0 Å². The van der Waals surface area contributed by atoms with Gasteiger partial charge in [-0.2, -0.15) is 0 Å². The maximum Gasteiger partial charge on any atom is 0.356 e. The Kier molecular flexibility index (Phi) is 2.99. The minimum Gasteiger partial charge on any atom is -0.476 e. The highest BCUT2D eigenvalue weighted by Crippen LogP contribution is 2.36.